The number of rotatable bonds is 6. The third-order valence-corrected chi connectivity index (χ3v) is 3.71. The number of hydrogen-bond donors (Lipinski definition) is 1. The minimum atomic E-state index is 0.410. The van der Waals surface area contributed by atoms with E-state index in [-0.39, 0.29) is 0 Å². The molecule has 2 rings (SSSR count). The second kappa shape index (κ2) is 7.62. The average Bonchev–Trinajstić information content (AvgIpc) is 2.43. The molecular weight excluding hydrogens is 252 g/mol. The molecule has 20 heavy (non-hydrogen) atoms. The maximum atomic E-state index is 10.0. The summed E-state index contributed by atoms with van der Waals surface area (Å²) in [5, 5.41) is 10.0. The zero-order valence-corrected chi connectivity index (χ0v) is 12.6. The van der Waals surface area contributed by atoms with E-state index < -0.39 is 0 Å². The molecule has 0 aromatic heterocycles. The van der Waals surface area contributed by atoms with Crippen LogP contribution < -0.4 is 0 Å². The van der Waals surface area contributed by atoms with E-state index in [0.29, 0.717) is 5.75 Å². The zero-order chi connectivity index (χ0) is 14.4. The maximum absolute atomic E-state index is 10.0. The van der Waals surface area contributed by atoms with Crippen molar-refractivity contribution in [1.82, 2.24) is 9.80 Å². The Bertz CT molecular complexity index is 415. The highest BCUT2D eigenvalue weighted by Crippen LogP contribution is 2.21. The molecule has 0 unspecified atom stereocenters. The molecule has 1 aliphatic heterocycles. The average molecular weight is 278 g/mol. The number of benzene rings is 1. The molecule has 1 heterocycles. The lowest BCUT2D eigenvalue weighted by Gasteiger charge is -2.27. The highest BCUT2D eigenvalue weighted by atomic mass is 16.5. The van der Waals surface area contributed by atoms with Crippen molar-refractivity contribution in [3.05, 3.63) is 29.3 Å². The van der Waals surface area contributed by atoms with E-state index in [0.717, 1.165) is 57.8 Å². The van der Waals surface area contributed by atoms with E-state index in [9.17, 15) is 5.11 Å². The lowest BCUT2D eigenvalue weighted by atomic mass is 10.0. The van der Waals surface area contributed by atoms with Crippen molar-refractivity contribution < 1.29 is 9.84 Å². The smallest absolute Gasteiger partial charge is 0.120 e. The van der Waals surface area contributed by atoms with Gasteiger partial charge in [-0.3, -0.25) is 4.90 Å². The molecule has 4 heteroatoms. The molecule has 0 saturated carbocycles. The van der Waals surface area contributed by atoms with Crippen LogP contribution in [0.5, 0.6) is 5.75 Å². The van der Waals surface area contributed by atoms with Crippen LogP contribution in [-0.2, 0) is 17.7 Å². The summed E-state index contributed by atoms with van der Waals surface area (Å²) in [4.78, 5) is 4.54. The highest BCUT2D eigenvalue weighted by molar-refractivity contribution is 5.36. The minimum Gasteiger partial charge on any atom is -0.508 e. The normalized spacial score (nSPS) is 16.8. The number of ether oxygens (including phenoxy) is 1. The number of hydrogen-bond acceptors (Lipinski definition) is 4. The van der Waals surface area contributed by atoms with E-state index in [4.69, 9.17) is 4.74 Å². The quantitative estimate of drug-likeness (QED) is 0.859. The second-order valence-corrected chi connectivity index (χ2v) is 5.76. The van der Waals surface area contributed by atoms with Crippen LogP contribution in [-0.4, -0.2) is 61.8 Å². The number of phenolic OH excluding ortho intramolecular Hbond substituents is 1. The highest BCUT2D eigenvalue weighted by Gasteiger charge is 2.13. The molecule has 0 amide bonds. The fourth-order valence-corrected chi connectivity index (χ4v) is 2.52. The van der Waals surface area contributed by atoms with Gasteiger partial charge in [-0.15, -0.1) is 0 Å². The first-order valence-electron chi connectivity index (χ1n) is 7.41. The van der Waals surface area contributed by atoms with Crippen molar-refractivity contribution in [2.45, 2.75) is 19.4 Å². The molecule has 1 N–H and O–H groups in total. The summed E-state index contributed by atoms with van der Waals surface area (Å²) in [7, 11) is 4.20. The molecule has 0 spiro atoms. The molecule has 1 aliphatic rings. The summed E-state index contributed by atoms with van der Waals surface area (Å²) in [6.45, 7) is 5.40. The van der Waals surface area contributed by atoms with Crippen LogP contribution in [0.2, 0.25) is 0 Å². The predicted molar refractivity (Wildman–Crippen MR) is 81.1 cm³/mol. The summed E-state index contributed by atoms with van der Waals surface area (Å²) >= 11 is 0. The van der Waals surface area contributed by atoms with Gasteiger partial charge in [0.2, 0.25) is 0 Å². The summed E-state index contributed by atoms with van der Waals surface area (Å²) in [6, 6.07) is 6.02. The third kappa shape index (κ3) is 4.78. The van der Waals surface area contributed by atoms with Crippen molar-refractivity contribution in [2.24, 2.45) is 0 Å². The molecule has 0 aliphatic carbocycles. The van der Waals surface area contributed by atoms with Crippen LogP contribution in [0.3, 0.4) is 0 Å². The van der Waals surface area contributed by atoms with E-state index in [1.165, 1.54) is 5.56 Å². The van der Waals surface area contributed by atoms with Gasteiger partial charge in [0, 0.05) is 25.2 Å². The Morgan fingerprint density at radius 2 is 2.00 bits per heavy atom. The van der Waals surface area contributed by atoms with Gasteiger partial charge < -0.3 is 14.7 Å². The number of morpholine rings is 1. The summed E-state index contributed by atoms with van der Waals surface area (Å²) in [5.41, 5.74) is 2.35. The van der Waals surface area contributed by atoms with Gasteiger partial charge in [0.1, 0.15) is 5.75 Å². The summed E-state index contributed by atoms with van der Waals surface area (Å²) in [5.74, 6) is 0.410. The van der Waals surface area contributed by atoms with Gasteiger partial charge in [0.05, 0.1) is 13.2 Å². The molecule has 1 fully saturated rings. The van der Waals surface area contributed by atoms with Gasteiger partial charge in [-0.2, -0.15) is 0 Å². The standard InChI is InChI=1S/C16H26N2O2/c1-17(2)7-3-4-14-5-6-16(19)15(12-14)13-18-8-10-20-11-9-18/h5-6,12,19H,3-4,7-11,13H2,1-2H3. The third-order valence-electron chi connectivity index (χ3n) is 3.71. The molecule has 1 aromatic carbocycles. The zero-order valence-electron chi connectivity index (χ0n) is 12.6. The molecule has 1 aromatic rings. The lowest BCUT2D eigenvalue weighted by Crippen LogP contribution is -2.35. The lowest BCUT2D eigenvalue weighted by molar-refractivity contribution is 0.0339. The van der Waals surface area contributed by atoms with Crippen LogP contribution in [0.25, 0.3) is 0 Å². The second-order valence-electron chi connectivity index (χ2n) is 5.76. The molecule has 112 valence electrons. The molecule has 0 atom stereocenters. The van der Waals surface area contributed by atoms with Crippen LogP contribution in [0.15, 0.2) is 18.2 Å². The monoisotopic (exact) mass is 278 g/mol. The first-order valence-corrected chi connectivity index (χ1v) is 7.41. The van der Waals surface area contributed by atoms with Crippen molar-refractivity contribution in [2.75, 3.05) is 46.9 Å². The van der Waals surface area contributed by atoms with E-state index in [1.807, 2.05) is 12.1 Å². The maximum Gasteiger partial charge on any atom is 0.120 e. The van der Waals surface area contributed by atoms with Crippen LogP contribution in [0.4, 0.5) is 0 Å². The number of nitrogens with zero attached hydrogens (tertiary/aromatic N) is 2. The van der Waals surface area contributed by atoms with Gasteiger partial charge in [-0.1, -0.05) is 12.1 Å². The largest absolute Gasteiger partial charge is 0.508 e. The van der Waals surface area contributed by atoms with Crippen molar-refractivity contribution in [1.29, 1.82) is 0 Å². The van der Waals surface area contributed by atoms with Crippen molar-refractivity contribution in [3.63, 3.8) is 0 Å². The first kappa shape index (κ1) is 15.3. The Labute approximate surface area is 122 Å². The Hall–Kier alpha value is -1.10. The molecule has 4 nitrogen and oxygen atoms in total. The van der Waals surface area contributed by atoms with Gasteiger partial charge in [0.25, 0.3) is 0 Å². The molecule has 1 saturated heterocycles. The van der Waals surface area contributed by atoms with Gasteiger partial charge >= 0.3 is 0 Å². The SMILES string of the molecule is CN(C)CCCc1ccc(O)c(CN2CCOCC2)c1. The number of aryl methyl sites for hydroxylation is 1. The molecular formula is C16H26N2O2. The van der Waals surface area contributed by atoms with Crippen molar-refractivity contribution >= 4 is 0 Å². The van der Waals surface area contributed by atoms with Gasteiger partial charge in [-0.05, 0) is 45.1 Å². The minimum absolute atomic E-state index is 0.410. The Morgan fingerprint density at radius 3 is 2.70 bits per heavy atom. The first-order chi connectivity index (χ1) is 9.65. The summed E-state index contributed by atoms with van der Waals surface area (Å²) in [6.07, 6.45) is 2.21. The van der Waals surface area contributed by atoms with E-state index in [2.05, 4.69) is 30.0 Å². The molecule has 0 bridgehead atoms. The van der Waals surface area contributed by atoms with Crippen LogP contribution in [0, 0.1) is 0 Å². The van der Waals surface area contributed by atoms with E-state index >= 15 is 0 Å². The predicted octanol–water partition coefficient (Wildman–Crippen LogP) is 1.72. The van der Waals surface area contributed by atoms with Gasteiger partial charge in [-0.25, -0.2) is 0 Å². The fourth-order valence-electron chi connectivity index (χ4n) is 2.52. The Balaban J connectivity index is 1.93. The van der Waals surface area contributed by atoms with Crippen molar-refractivity contribution in [3.8, 4) is 5.75 Å². The van der Waals surface area contributed by atoms with E-state index in [1.54, 1.807) is 0 Å². The Morgan fingerprint density at radius 1 is 1.25 bits per heavy atom. The summed E-state index contributed by atoms with van der Waals surface area (Å²) < 4.78 is 5.36. The van der Waals surface area contributed by atoms with Crippen LogP contribution >= 0.6 is 0 Å². The fraction of sp³-hybridized carbons (Fsp3) is 0.625. The molecule has 0 radical (unpaired) electrons. The number of phenols is 1. The van der Waals surface area contributed by atoms with Crippen LogP contribution in [0.1, 0.15) is 17.5 Å². The topological polar surface area (TPSA) is 35.9 Å². The van der Waals surface area contributed by atoms with Gasteiger partial charge in [0.15, 0.2) is 0 Å². The Kier molecular flexibility index (Phi) is 5.83. The number of aromatic hydroxyl groups is 1.